The number of hydrogen-bond acceptors (Lipinski definition) is 5. The monoisotopic (exact) mass is 374 g/mol. The van der Waals surface area contributed by atoms with Gasteiger partial charge in [0.05, 0.1) is 19.8 Å². The molecule has 2 aliphatic heterocycles. The molecule has 3 rings (SSSR count). The summed E-state index contributed by atoms with van der Waals surface area (Å²) in [6.45, 7) is 10.8. The van der Waals surface area contributed by atoms with Gasteiger partial charge in [0, 0.05) is 64.1 Å². The van der Waals surface area contributed by atoms with Crippen LogP contribution in [-0.2, 0) is 4.74 Å². The van der Waals surface area contributed by atoms with E-state index < -0.39 is 0 Å². The fourth-order valence-electron chi connectivity index (χ4n) is 3.57. The average molecular weight is 374 g/mol. The van der Waals surface area contributed by atoms with Crippen molar-refractivity contribution in [2.75, 3.05) is 71.0 Å². The van der Waals surface area contributed by atoms with Crippen LogP contribution in [0.2, 0.25) is 0 Å². The Morgan fingerprint density at radius 3 is 2.89 bits per heavy atom. The number of ether oxygens (including phenoxy) is 2. The number of amides is 2. The van der Waals surface area contributed by atoms with Crippen LogP contribution in [0, 0.1) is 0 Å². The number of piperazine rings is 1. The van der Waals surface area contributed by atoms with Crippen molar-refractivity contribution in [1.82, 2.24) is 15.1 Å². The molecule has 0 saturated carbocycles. The van der Waals surface area contributed by atoms with Crippen molar-refractivity contribution in [1.29, 1.82) is 0 Å². The number of carbonyl (C=O) groups is 1. The van der Waals surface area contributed by atoms with Crippen LogP contribution in [0.1, 0.15) is 0 Å². The Labute approximate surface area is 161 Å². The quantitative estimate of drug-likeness (QED) is 0.763. The van der Waals surface area contributed by atoms with Gasteiger partial charge in [-0.3, -0.25) is 4.90 Å². The van der Waals surface area contributed by atoms with Crippen LogP contribution in [0.25, 0.3) is 0 Å². The van der Waals surface area contributed by atoms with Gasteiger partial charge in [0.2, 0.25) is 0 Å². The number of benzene rings is 1. The predicted molar refractivity (Wildman–Crippen MR) is 107 cm³/mol. The minimum atomic E-state index is -0.0361. The van der Waals surface area contributed by atoms with Gasteiger partial charge in [-0.1, -0.05) is 12.1 Å². The lowest BCUT2D eigenvalue weighted by Gasteiger charge is -2.40. The van der Waals surface area contributed by atoms with Crippen molar-refractivity contribution < 1.29 is 14.3 Å². The molecular formula is C20H30N4O3. The minimum absolute atomic E-state index is 0.0361. The van der Waals surface area contributed by atoms with Crippen LogP contribution in [0.4, 0.5) is 10.5 Å². The van der Waals surface area contributed by atoms with Gasteiger partial charge in [0.1, 0.15) is 5.75 Å². The zero-order valence-corrected chi connectivity index (χ0v) is 16.1. The Balaban J connectivity index is 1.46. The summed E-state index contributed by atoms with van der Waals surface area (Å²) < 4.78 is 11.2. The fourth-order valence-corrected chi connectivity index (χ4v) is 3.57. The van der Waals surface area contributed by atoms with E-state index in [1.807, 2.05) is 17.0 Å². The largest absolute Gasteiger partial charge is 0.497 e. The Bertz CT molecular complexity index is 631. The first-order valence-corrected chi connectivity index (χ1v) is 9.56. The number of nitrogens with one attached hydrogen (secondary N) is 1. The molecule has 1 N–H and O–H groups in total. The lowest BCUT2D eigenvalue weighted by molar-refractivity contribution is -0.0309. The van der Waals surface area contributed by atoms with Gasteiger partial charge in [-0.15, -0.1) is 6.58 Å². The molecule has 7 nitrogen and oxygen atoms in total. The third kappa shape index (κ3) is 5.37. The lowest BCUT2D eigenvalue weighted by Crippen LogP contribution is -2.54. The number of morpholine rings is 1. The number of rotatable bonds is 6. The number of methoxy groups -OCH3 is 1. The molecule has 0 aliphatic carbocycles. The Morgan fingerprint density at radius 2 is 2.15 bits per heavy atom. The molecule has 1 aromatic carbocycles. The normalized spacial score (nSPS) is 21.0. The van der Waals surface area contributed by atoms with E-state index >= 15 is 0 Å². The highest BCUT2D eigenvalue weighted by Gasteiger charge is 2.27. The fraction of sp³-hybridized carbons (Fsp3) is 0.550. The summed E-state index contributed by atoms with van der Waals surface area (Å²) >= 11 is 0. The van der Waals surface area contributed by atoms with E-state index in [0.29, 0.717) is 26.2 Å². The molecule has 1 aromatic rings. The second kappa shape index (κ2) is 9.62. The zero-order valence-electron chi connectivity index (χ0n) is 16.1. The van der Waals surface area contributed by atoms with Crippen LogP contribution >= 0.6 is 0 Å². The van der Waals surface area contributed by atoms with Crippen LogP contribution < -0.4 is 15.0 Å². The molecule has 27 heavy (non-hydrogen) atoms. The first-order chi connectivity index (χ1) is 13.2. The van der Waals surface area contributed by atoms with Gasteiger partial charge < -0.3 is 24.6 Å². The maximum Gasteiger partial charge on any atom is 0.317 e. The van der Waals surface area contributed by atoms with Gasteiger partial charge in [0.15, 0.2) is 0 Å². The maximum atomic E-state index is 12.1. The second-order valence-corrected chi connectivity index (χ2v) is 6.90. The summed E-state index contributed by atoms with van der Waals surface area (Å²) in [6.07, 6.45) is 1.76. The Hall–Kier alpha value is -2.25. The third-order valence-corrected chi connectivity index (χ3v) is 5.08. The molecule has 2 heterocycles. The van der Waals surface area contributed by atoms with Gasteiger partial charge >= 0.3 is 6.03 Å². The highest BCUT2D eigenvalue weighted by atomic mass is 16.5. The Kier molecular flexibility index (Phi) is 6.95. The number of anilines is 1. The molecule has 0 spiro atoms. The van der Waals surface area contributed by atoms with E-state index in [1.54, 1.807) is 13.2 Å². The highest BCUT2D eigenvalue weighted by Crippen LogP contribution is 2.22. The zero-order chi connectivity index (χ0) is 19.1. The molecule has 2 amide bonds. The maximum absolute atomic E-state index is 12.1. The topological polar surface area (TPSA) is 57.3 Å². The first-order valence-electron chi connectivity index (χ1n) is 9.56. The molecular weight excluding hydrogens is 344 g/mol. The van der Waals surface area contributed by atoms with E-state index in [4.69, 9.17) is 9.47 Å². The molecule has 2 aliphatic rings. The smallest absolute Gasteiger partial charge is 0.317 e. The second-order valence-electron chi connectivity index (χ2n) is 6.90. The van der Waals surface area contributed by atoms with Crippen molar-refractivity contribution in [3.8, 4) is 5.75 Å². The minimum Gasteiger partial charge on any atom is -0.497 e. The molecule has 0 radical (unpaired) electrons. The number of nitrogens with zero attached hydrogens (tertiary/aromatic N) is 3. The van der Waals surface area contributed by atoms with Crippen molar-refractivity contribution in [2.45, 2.75) is 6.10 Å². The van der Waals surface area contributed by atoms with Gasteiger partial charge in [-0.25, -0.2) is 4.79 Å². The summed E-state index contributed by atoms with van der Waals surface area (Å²) in [6, 6.07) is 8.17. The van der Waals surface area contributed by atoms with Crippen molar-refractivity contribution in [2.24, 2.45) is 0 Å². The number of hydrogen-bond donors (Lipinski definition) is 1. The first kappa shape index (κ1) is 19.5. The Morgan fingerprint density at radius 1 is 1.33 bits per heavy atom. The molecule has 2 saturated heterocycles. The van der Waals surface area contributed by atoms with E-state index in [1.165, 1.54) is 5.69 Å². The third-order valence-electron chi connectivity index (χ3n) is 5.08. The van der Waals surface area contributed by atoms with E-state index in [-0.39, 0.29) is 12.1 Å². The highest BCUT2D eigenvalue weighted by molar-refractivity contribution is 5.74. The van der Waals surface area contributed by atoms with Crippen LogP contribution in [-0.4, -0.2) is 88.0 Å². The number of urea groups is 1. The molecule has 0 unspecified atom stereocenters. The lowest BCUT2D eigenvalue weighted by atomic mass is 10.2. The van der Waals surface area contributed by atoms with Gasteiger partial charge in [-0.05, 0) is 12.1 Å². The molecule has 2 fully saturated rings. The summed E-state index contributed by atoms with van der Waals surface area (Å²) in [7, 11) is 1.70. The standard InChI is InChI=1S/C20H30N4O3/c1-3-7-21-20(25)24-12-13-27-19(16-24)15-22-8-10-23(11-9-22)17-5-4-6-18(14-17)26-2/h3-6,14,19H,1,7-13,15-16H2,2H3,(H,21,25)/t19-/m0/s1. The van der Waals surface area contributed by atoms with Crippen molar-refractivity contribution in [3.63, 3.8) is 0 Å². The van der Waals surface area contributed by atoms with Crippen LogP contribution in [0.15, 0.2) is 36.9 Å². The molecule has 0 aromatic heterocycles. The summed E-state index contributed by atoms with van der Waals surface area (Å²) in [5, 5.41) is 2.84. The van der Waals surface area contributed by atoms with Crippen LogP contribution in [0.3, 0.4) is 0 Å². The van der Waals surface area contributed by atoms with Gasteiger partial charge in [-0.2, -0.15) is 0 Å². The summed E-state index contributed by atoms with van der Waals surface area (Å²) in [5.41, 5.74) is 1.20. The van der Waals surface area contributed by atoms with E-state index in [2.05, 4.69) is 33.8 Å². The van der Waals surface area contributed by atoms with Crippen molar-refractivity contribution >= 4 is 11.7 Å². The summed E-state index contributed by atoms with van der Waals surface area (Å²) in [4.78, 5) is 18.8. The predicted octanol–water partition coefficient (Wildman–Crippen LogP) is 1.41. The average Bonchev–Trinajstić information content (AvgIpc) is 2.73. The van der Waals surface area contributed by atoms with E-state index in [9.17, 15) is 4.79 Å². The van der Waals surface area contributed by atoms with Crippen molar-refractivity contribution in [3.05, 3.63) is 36.9 Å². The number of carbonyl (C=O) groups excluding carboxylic acids is 1. The molecule has 148 valence electrons. The molecule has 1 atom stereocenters. The SMILES string of the molecule is C=CCNC(=O)N1CCO[C@@H](CN2CCN(c3cccc(OC)c3)CC2)C1. The molecule has 7 heteroatoms. The molecule has 0 bridgehead atoms. The van der Waals surface area contributed by atoms with Gasteiger partial charge in [0.25, 0.3) is 0 Å². The van der Waals surface area contributed by atoms with Crippen LogP contribution in [0.5, 0.6) is 5.75 Å². The summed E-state index contributed by atoms with van der Waals surface area (Å²) in [5.74, 6) is 0.889. The van der Waals surface area contributed by atoms with E-state index in [0.717, 1.165) is 38.5 Å².